The number of carbonyl (C=O) groups is 2. The van der Waals surface area contributed by atoms with Crippen LogP contribution in [0.25, 0.3) is 0 Å². The minimum Gasteiger partial charge on any atom is -0.294 e. The van der Waals surface area contributed by atoms with Gasteiger partial charge >= 0.3 is 0 Å². The fraction of sp³-hybridized carbons (Fsp3) is 0.400. The summed E-state index contributed by atoms with van der Waals surface area (Å²) in [6.07, 6.45) is 7.13. The predicted molar refractivity (Wildman–Crippen MR) is 127 cm³/mol. The van der Waals surface area contributed by atoms with Gasteiger partial charge in [0.05, 0.1) is 5.56 Å². The van der Waals surface area contributed by atoms with Gasteiger partial charge in [-0.2, -0.15) is 5.26 Å². The van der Waals surface area contributed by atoms with Crippen LogP contribution in [0.15, 0.2) is 29.5 Å². The first-order valence-electron chi connectivity index (χ1n) is 11.1. The molecule has 0 N–H and O–H groups in total. The molecule has 1 aromatic heterocycles. The Morgan fingerprint density at radius 3 is 2.62 bits per heavy atom. The molecule has 0 bridgehead atoms. The van der Waals surface area contributed by atoms with Gasteiger partial charge in [0.2, 0.25) is 5.91 Å². The molecule has 7 heteroatoms. The SMILES string of the molecule is N#Cc1c(N2C(=O)C[C@@H](c3ccc(Cl)cc3Cl)C3=C2CCCC3=O)sc2c1CCCCC2. The summed E-state index contributed by atoms with van der Waals surface area (Å²) in [6, 6.07) is 7.61. The third-order valence-corrected chi connectivity index (χ3v) is 8.57. The highest BCUT2D eigenvalue weighted by molar-refractivity contribution is 7.16. The Kier molecular flexibility index (Phi) is 5.88. The molecule has 0 saturated carbocycles. The number of anilines is 1. The van der Waals surface area contributed by atoms with Gasteiger partial charge < -0.3 is 0 Å². The summed E-state index contributed by atoms with van der Waals surface area (Å²) in [6.45, 7) is 0. The molecule has 3 aliphatic rings. The number of nitriles is 1. The number of halogens is 2. The van der Waals surface area contributed by atoms with Crippen LogP contribution in [0.4, 0.5) is 5.00 Å². The molecule has 1 amide bonds. The van der Waals surface area contributed by atoms with Crippen molar-refractivity contribution in [3.05, 3.63) is 61.1 Å². The van der Waals surface area contributed by atoms with E-state index in [1.165, 1.54) is 4.88 Å². The van der Waals surface area contributed by atoms with E-state index in [1.54, 1.807) is 28.4 Å². The molecule has 1 aromatic carbocycles. The molecule has 5 rings (SSSR count). The molecule has 2 heterocycles. The molecule has 1 atom stereocenters. The molecular formula is C25H22Cl2N2O2S. The lowest BCUT2D eigenvalue weighted by molar-refractivity contribution is -0.119. The van der Waals surface area contributed by atoms with E-state index >= 15 is 0 Å². The van der Waals surface area contributed by atoms with Gasteiger partial charge in [-0.05, 0) is 61.8 Å². The summed E-state index contributed by atoms with van der Waals surface area (Å²) in [5.41, 5.74) is 3.90. The third kappa shape index (κ3) is 3.59. The van der Waals surface area contributed by atoms with Crippen molar-refractivity contribution in [3.8, 4) is 6.07 Å². The van der Waals surface area contributed by atoms with Crippen LogP contribution in [0, 0.1) is 11.3 Å². The Hall–Kier alpha value is -2.13. The number of hydrogen-bond acceptors (Lipinski definition) is 4. The molecule has 4 nitrogen and oxygen atoms in total. The first kappa shape index (κ1) is 21.7. The molecule has 164 valence electrons. The van der Waals surface area contributed by atoms with Gasteiger partial charge in [-0.3, -0.25) is 14.5 Å². The Morgan fingerprint density at radius 1 is 1.03 bits per heavy atom. The zero-order valence-electron chi connectivity index (χ0n) is 17.5. The summed E-state index contributed by atoms with van der Waals surface area (Å²) in [5, 5.41) is 11.7. The van der Waals surface area contributed by atoms with Gasteiger partial charge in [-0.15, -0.1) is 11.3 Å². The zero-order chi connectivity index (χ0) is 22.4. The van der Waals surface area contributed by atoms with Crippen molar-refractivity contribution in [2.75, 3.05) is 4.90 Å². The molecule has 0 unspecified atom stereocenters. The molecule has 1 aliphatic heterocycles. The van der Waals surface area contributed by atoms with Crippen LogP contribution < -0.4 is 4.90 Å². The number of fused-ring (bicyclic) bond motifs is 1. The largest absolute Gasteiger partial charge is 0.294 e. The van der Waals surface area contributed by atoms with E-state index in [4.69, 9.17) is 23.2 Å². The van der Waals surface area contributed by atoms with Gasteiger partial charge in [0.25, 0.3) is 0 Å². The third-order valence-electron chi connectivity index (χ3n) is 6.73. The van der Waals surface area contributed by atoms with Crippen molar-refractivity contribution in [2.24, 2.45) is 0 Å². The smallest absolute Gasteiger partial charge is 0.232 e. The number of rotatable bonds is 2. The Morgan fingerprint density at radius 2 is 1.84 bits per heavy atom. The monoisotopic (exact) mass is 484 g/mol. The topological polar surface area (TPSA) is 61.2 Å². The van der Waals surface area contributed by atoms with Gasteiger partial charge in [-0.1, -0.05) is 35.7 Å². The van der Waals surface area contributed by atoms with E-state index < -0.39 is 0 Å². The number of ketones is 1. The number of allylic oxidation sites excluding steroid dienone is 2. The first-order chi connectivity index (χ1) is 15.5. The summed E-state index contributed by atoms with van der Waals surface area (Å²) < 4.78 is 0. The lowest BCUT2D eigenvalue weighted by Gasteiger charge is -2.38. The van der Waals surface area contributed by atoms with Crippen LogP contribution in [0.1, 0.15) is 72.4 Å². The maximum Gasteiger partial charge on any atom is 0.232 e. The normalized spacial score (nSPS) is 21.2. The Balaban J connectivity index is 1.67. The van der Waals surface area contributed by atoms with Gasteiger partial charge in [0.15, 0.2) is 5.78 Å². The van der Waals surface area contributed by atoms with Crippen LogP contribution in [0.5, 0.6) is 0 Å². The van der Waals surface area contributed by atoms with Crippen molar-refractivity contribution < 1.29 is 9.59 Å². The molecule has 2 aliphatic carbocycles. The highest BCUT2D eigenvalue weighted by atomic mass is 35.5. The number of aryl methyl sites for hydroxylation is 1. The van der Waals surface area contributed by atoms with Crippen LogP contribution in [-0.2, 0) is 22.4 Å². The summed E-state index contributed by atoms with van der Waals surface area (Å²) in [7, 11) is 0. The summed E-state index contributed by atoms with van der Waals surface area (Å²) in [4.78, 5) is 29.6. The molecule has 0 spiro atoms. The number of Topliss-reactive ketones (excluding diaryl/α,β-unsaturated/α-hetero) is 1. The van der Waals surface area contributed by atoms with E-state index in [0.717, 1.165) is 48.9 Å². The molecule has 0 saturated heterocycles. The molecule has 0 fully saturated rings. The minimum atomic E-state index is -0.380. The second-order valence-electron chi connectivity index (χ2n) is 8.65. The molecule has 32 heavy (non-hydrogen) atoms. The first-order valence-corrected chi connectivity index (χ1v) is 12.7. The summed E-state index contributed by atoms with van der Waals surface area (Å²) >= 11 is 14.1. The number of carbonyl (C=O) groups excluding carboxylic acids is 2. The van der Waals surface area contributed by atoms with E-state index in [9.17, 15) is 14.9 Å². The highest BCUT2D eigenvalue weighted by Gasteiger charge is 2.42. The van der Waals surface area contributed by atoms with Crippen molar-refractivity contribution in [1.82, 2.24) is 0 Å². The van der Waals surface area contributed by atoms with E-state index in [1.807, 2.05) is 6.07 Å². The molecule has 0 radical (unpaired) electrons. The average molecular weight is 485 g/mol. The summed E-state index contributed by atoms with van der Waals surface area (Å²) in [5.74, 6) is -0.395. The Bertz CT molecular complexity index is 1210. The van der Waals surface area contributed by atoms with Crippen LogP contribution in [-0.4, -0.2) is 11.7 Å². The van der Waals surface area contributed by atoms with Crippen LogP contribution in [0.3, 0.4) is 0 Å². The van der Waals surface area contributed by atoms with Crippen molar-refractivity contribution >= 4 is 51.2 Å². The van der Waals surface area contributed by atoms with Crippen molar-refractivity contribution in [3.63, 3.8) is 0 Å². The maximum absolute atomic E-state index is 13.6. The van der Waals surface area contributed by atoms with Crippen LogP contribution >= 0.6 is 34.5 Å². The van der Waals surface area contributed by atoms with Crippen molar-refractivity contribution in [1.29, 1.82) is 5.26 Å². The van der Waals surface area contributed by atoms with Crippen LogP contribution in [0.2, 0.25) is 10.0 Å². The molecular weight excluding hydrogens is 463 g/mol. The number of thiophene rings is 1. The number of hydrogen-bond donors (Lipinski definition) is 0. The second-order valence-corrected chi connectivity index (χ2v) is 10.6. The average Bonchev–Trinajstić information content (AvgIpc) is 2.93. The quantitative estimate of drug-likeness (QED) is 0.444. The van der Waals surface area contributed by atoms with Gasteiger partial charge in [0.1, 0.15) is 11.1 Å². The second kappa shape index (κ2) is 8.67. The van der Waals surface area contributed by atoms with E-state index in [0.29, 0.717) is 45.4 Å². The highest BCUT2D eigenvalue weighted by Crippen LogP contribution is 2.48. The predicted octanol–water partition coefficient (Wildman–Crippen LogP) is 6.72. The lowest BCUT2D eigenvalue weighted by Crippen LogP contribution is -2.40. The zero-order valence-corrected chi connectivity index (χ0v) is 19.9. The number of nitrogens with zero attached hydrogens (tertiary/aromatic N) is 2. The van der Waals surface area contributed by atoms with E-state index in [2.05, 4.69) is 6.07 Å². The Labute approximate surface area is 201 Å². The van der Waals surface area contributed by atoms with E-state index in [-0.39, 0.29) is 24.0 Å². The van der Waals surface area contributed by atoms with Crippen molar-refractivity contribution in [2.45, 2.75) is 63.7 Å². The lowest BCUT2D eigenvalue weighted by atomic mass is 9.77. The maximum atomic E-state index is 13.6. The number of amides is 1. The standard InChI is InChI=1S/C25H22Cl2N2O2S/c26-14-9-10-15(19(27)11-14)17-12-23(31)29(20-6-4-7-21(30)24(17)20)25-18(13-28)16-5-2-1-3-8-22(16)32-25/h9-11,17H,1-8,12H2/t17-/m0/s1. The molecule has 2 aromatic rings. The fourth-order valence-electron chi connectivity index (χ4n) is 5.28. The van der Waals surface area contributed by atoms with Gasteiger partial charge in [0, 0.05) is 45.0 Å². The fourth-order valence-corrected chi connectivity index (χ4v) is 7.20. The number of benzene rings is 1. The van der Waals surface area contributed by atoms with Gasteiger partial charge in [-0.25, -0.2) is 0 Å². The minimum absolute atomic E-state index is 0.0661.